The molecule has 0 spiro atoms. The molecule has 0 heterocycles. The normalized spacial score (nSPS) is 13.7. The summed E-state index contributed by atoms with van der Waals surface area (Å²) in [5.74, 6) is 0.607. The van der Waals surface area contributed by atoms with Crippen molar-refractivity contribution in [1.82, 2.24) is 10.2 Å². The zero-order valence-electron chi connectivity index (χ0n) is 11.8. The van der Waals surface area contributed by atoms with E-state index < -0.39 is 0 Å². The number of nitrogens with zero attached hydrogens (tertiary/aromatic N) is 1. The molecule has 0 saturated carbocycles. The lowest BCUT2D eigenvalue weighted by Crippen LogP contribution is -2.33. The highest BCUT2D eigenvalue weighted by Crippen LogP contribution is 2.03. The Hall–Kier alpha value is -0.120. The molecular weight excluding hydrogens is 200 g/mol. The molecule has 1 unspecified atom stereocenters. The van der Waals surface area contributed by atoms with Crippen LogP contribution in [0.5, 0.6) is 0 Å². The van der Waals surface area contributed by atoms with E-state index in [-0.39, 0.29) is 0 Å². The molecule has 0 amide bonds. The van der Waals surface area contributed by atoms with E-state index in [1.54, 1.807) is 0 Å². The average molecular weight is 230 g/mol. The van der Waals surface area contributed by atoms with E-state index in [4.69, 9.17) is 4.74 Å². The molecule has 0 rings (SSSR count). The van der Waals surface area contributed by atoms with Gasteiger partial charge in [0.1, 0.15) is 0 Å². The lowest BCUT2D eigenvalue weighted by molar-refractivity contribution is 0.0373. The molecule has 0 saturated heterocycles. The fraction of sp³-hybridized carbons (Fsp3) is 1.00. The third-order valence-corrected chi connectivity index (χ3v) is 3.10. The first-order chi connectivity index (χ1) is 7.61. The highest BCUT2D eigenvalue weighted by Gasteiger charge is 2.05. The van der Waals surface area contributed by atoms with Crippen LogP contribution in [0.25, 0.3) is 0 Å². The zero-order valence-corrected chi connectivity index (χ0v) is 11.8. The Labute approximate surface area is 102 Å². The van der Waals surface area contributed by atoms with Crippen molar-refractivity contribution in [3.63, 3.8) is 0 Å². The van der Waals surface area contributed by atoms with Gasteiger partial charge in [-0.05, 0) is 25.9 Å². The lowest BCUT2D eigenvalue weighted by atomic mass is 10.1. The summed E-state index contributed by atoms with van der Waals surface area (Å²) in [6.07, 6.45) is 0.365. The van der Waals surface area contributed by atoms with Crippen LogP contribution in [0.2, 0.25) is 0 Å². The molecule has 0 aromatic carbocycles. The number of rotatable bonds is 10. The maximum atomic E-state index is 5.69. The lowest BCUT2D eigenvalue weighted by Gasteiger charge is -2.19. The highest BCUT2D eigenvalue weighted by molar-refractivity contribution is 4.57. The minimum absolute atomic E-state index is 0.365. The molecule has 1 N–H and O–H groups in total. The fourth-order valence-corrected chi connectivity index (χ4v) is 1.41. The summed E-state index contributed by atoms with van der Waals surface area (Å²) >= 11 is 0. The van der Waals surface area contributed by atoms with Gasteiger partial charge in [-0.1, -0.05) is 27.7 Å². The Morgan fingerprint density at radius 2 is 1.69 bits per heavy atom. The summed E-state index contributed by atoms with van der Waals surface area (Å²) in [4.78, 5) is 2.42. The third kappa shape index (κ3) is 8.08. The summed E-state index contributed by atoms with van der Waals surface area (Å²) in [6.45, 7) is 17.2. The van der Waals surface area contributed by atoms with Gasteiger partial charge in [0.05, 0.1) is 12.7 Å². The average Bonchev–Trinajstić information content (AvgIpc) is 2.27. The Kier molecular flexibility index (Phi) is 9.99. The van der Waals surface area contributed by atoms with E-state index in [9.17, 15) is 0 Å². The van der Waals surface area contributed by atoms with Crippen LogP contribution in [0.3, 0.4) is 0 Å². The minimum Gasteiger partial charge on any atom is -0.377 e. The molecule has 16 heavy (non-hydrogen) atoms. The molecular formula is C13H30N2O. The van der Waals surface area contributed by atoms with Gasteiger partial charge in [-0.15, -0.1) is 0 Å². The first kappa shape index (κ1) is 15.9. The smallest absolute Gasteiger partial charge is 0.0594 e. The predicted molar refractivity (Wildman–Crippen MR) is 70.9 cm³/mol. The molecule has 0 aromatic heterocycles. The minimum atomic E-state index is 0.365. The van der Waals surface area contributed by atoms with Gasteiger partial charge >= 0.3 is 0 Å². The van der Waals surface area contributed by atoms with E-state index in [1.165, 1.54) is 0 Å². The van der Waals surface area contributed by atoms with Gasteiger partial charge in [-0.25, -0.2) is 0 Å². The summed E-state index contributed by atoms with van der Waals surface area (Å²) in [5, 5.41) is 3.41. The van der Waals surface area contributed by atoms with Gasteiger partial charge in [0, 0.05) is 19.6 Å². The van der Waals surface area contributed by atoms with Crippen LogP contribution < -0.4 is 5.32 Å². The second-order valence-corrected chi connectivity index (χ2v) is 4.60. The van der Waals surface area contributed by atoms with Gasteiger partial charge in [-0.2, -0.15) is 0 Å². The predicted octanol–water partition coefficient (Wildman–Crippen LogP) is 1.98. The molecule has 98 valence electrons. The van der Waals surface area contributed by atoms with Crippen LogP contribution in [0.4, 0.5) is 0 Å². The monoisotopic (exact) mass is 230 g/mol. The van der Waals surface area contributed by atoms with Gasteiger partial charge in [0.25, 0.3) is 0 Å². The van der Waals surface area contributed by atoms with Crippen LogP contribution in [0.1, 0.15) is 34.6 Å². The first-order valence-corrected chi connectivity index (χ1v) is 6.66. The van der Waals surface area contributed by atoms with E-state index >= 15 is 0 Å². The topological polar surface area (TPSA) is 24.5 Å². The summed E-state index contributed by atoms with van der Waals surface area (Å²) in [6, 6.07) is 0. The van der Waals surface area contributed by atoms with Crippen molar-refractivity contribution >= 4 is 0 Å². The summed E-state index contributed by atoms with van der Waals surface area (Å²) in [5.41, 5.74) is 0. The van der Waals surface area contributed by atoms with Crippen LogP contribution in [0.15, 0.2) is 0 Å². The Morgan fingerprint density at radius 1 is 1.06 bits per heavy atom. The quantitative estimate of drug-likeness (QED) is 0.581. The molecule has 3 heteroatoms. The van der Waals surface area contributed by atoms with E-state index in [0.717, 1.165) is 39.3 Å². The SMILES string of the molecule is CCN(CC)CCNCCOC(C)C(C)C. The number of likely N-dealkylation sites (N-methyl/N-ethyl adjacent to an activating group) is 1. The maximum Gasteiger partial charge on any atom is 0.0594 e. The van der Waals surface area contributed by atoms with Crippen molar-refractivity contribution in [2.45, 2.75) is 40.7 Å². The molecule has 0 aliphatic heterocycles. The van der Waals surface area contributed by atoms with E-state index in [1.807, 2.05) is 0 Å². The molecule has 0 radical (unpaired) electrons. The highest BCUT2D eigenvalue weighted by atomic mass is 16.5. The van der Waals surface area contributed by atoms with Crippen molar-refractivity contribution < 1.29 is 4.74 Å². The van der Waals surface area contributed by atoms with Crippen molar-refractivity contribution in [1.29, 1.82) is 0 Å². The van der Waals surface area contributed by atoms with Crippen molar-refractivity contribution in [2.24, 2.45) is 5.92 Å². The van der Waals surface area contributed by atoms with Gasteiger partial charge < -0.3 is 15.0 Å². The summed E-state index contributed by atoms with van der Waals surface area (Å²) in [7, 11) is 0. The number of nitrogens with one attached hydrogen (secondary N) is 1. The van der Waals surface area contributed by atoms with Gasteiger partial charge in [0.15, 0.2) is 0 Å². The molecule has 0 fully saturated rings. The largest absolute Gasteiger partial charge is 0.377 e. The van der Waals surface area contributed by atoms with Crippen LogP contribution in [-0.4, -0.2) is 50.3 Å². The zero-order chi connectivity index (χ0) is 12.4. The van der Waals surface area contributed by atoms with E-state index in [2.05, 4.69) is 44.8 Å². The van der Waals surface area contributed by atoms with Gasteiger partial charge in [0.2, 0.25) is 0 Å². The number of hydrogen-bond donors (Lipinski definition) is 1. The molecule has 0 bridgehead atoms. The van der Waals surface area contributed by atoms with Crippen molar-refractivity contribution in [2.75, 3.05) is 39.3 Å². The fourth-order valence-electron chi connectivity index (χ4n) is 1.41. The Morgan fingerprint density at radius 3 is 2.19 bits per heavy atom. The molecule has 3 nitrogen and oxygen atoms in total. The Balaban J connectivity index is 3.27. The van der Waals surface area contributed by atoms with Crippen molar-refractivity contribution in [3.8, 4) is 0 Å². The number of hydrogen-bond acceptors (Lipinski definition) is 3. The molecule has 0 aliphatic carbocycles. The summed E-state index contributed by atoms with van der Waals surface area (Å²) < 4.78 is 5.69. The van der Waals surface area contributed by atoms with E-state index in [0.29, 0.717) is 12.0 Å². The molecule has 1 atom stereocenters. The second kappa shape index (κ2) is 10.1. The van der Waals surface area contributed by atoms with Gasteiger partial charge in [-0.3, -0.25) is 0 Å². The molecule has 0 aromatic rings. The van der Waals surface area contributed by atoms with Crippen LogP contribution >= 0.6 is 0 Å². The second-order valence-electron chi connectivity index (χ2n) is 4.60. The first-order valence-electron chi connectivity index (χ1n) is 6.66. The van der Waals surface area contributed by atoms with Crippen molar-refractivity contribution in [3.05, 3.63) is 0 Å². The standard InChI is InChI=1S/C13H30N2O/c1-6-15(7-2)10-8-14-9-11-16-13(5)12(3)4/h12-14H,6-11H2,1-5H3. The molecule has 0 aliphatic rings. The number of ether oxygens (including phenoxy) is 1. The van der Waals surface area contributed by atoms with Crippen LogP contribution in [-0.2, 0) is 4.74 Å². The maximum absolute atomic E-state index is 5.69. The Bertz CT molecular complexity index is 141. The van der Waals surface area contributed by atoms with Crippen LogP contribution in [0, 0.1) is 5.92 Å². The third-order valence-electron chi connectivity index (χ3n) is 3.10.